The van der Waals surface area contributed by atoms with Crippen molar-refractivity contribution in [1.29, 1.82) is 0 Å². The molecule has 0 heterocycles. The number of hydrogen-bond acceptors (Lipinski definition) is 2. The summed E-state index contributed by atoms with van der Waals surface area (Å²) in [4.78, 5) is 4.36. The Morgan fingerprint density at radius 1 is 0.639 bits per heavy atom. The maximum atomic E-state index is 6.84. The number of benzene rings is 4. The predicted molar refractivity (Wildman–Crippen MR) is 149 cm³/mol. The Morgan fingerprint density at radius 2 is 1.08 bits per heavy atom. The molecule has 0 spiro atoms. The molecule has 4 rings (SSSR count). The summed E-state index contributed by atoms with van der Waals surface area (Å²) in [5.41, 5.74) is 3.99. The van der Waals surface area contributed by atoms with Gasteiger partial charge in [0.25, 0.3) is 0 Å². The van der Waals surface area contributed by atoms with E-state index in [2.05, 4.69) is 113 Å². The van der Waals surface area contributed by atoms with E-state index >= 15 is 0 Å². The van der Waals surface area contributed by atoms with Crippen LogP contribution in [0.1, 0.15) is 28.7 Å². The van der Waals surface area contributed by atoms with Crippen LogP contribution in [0.3, 0.4) is 0 Å². The summed E-state index contributed by atoms with van der Waals surface area (Å²) in [5.74, 6) is 0.811. The Hall–Kier alpha value is -3.89. The second kappa shape index (κ2) is 13.3. The van der Waals surface area contributed by atoms with Crippen molar-refractivity contribution in [2.45, 2.75) is 18.4 Å². The molecule has 4 heteroatoms. The second-order valence-electron chi connectivity index (χ2n) is 8.64. The van der Waals surface area contributed by atoms with Crippen LogP contribution in [0, 0.1) is 0 Å². The van der Waals surface area contributed by atoms with Gasteiger partial charge in [-0.3, -0.25) is 4.99 Å². The Labute approximate surface area is 215 Å². The van der Waals surface area contributed by atoms with Gasteiger partial charge in [-0.1, -0.05) is 121 Å². The Morgan fingerprint density at radius 3 is 1.56 bits per heavy atom. The fourth-order valence-corrected chi connectivity index (χ4v) is 4.46. The molecule has 0 aromatic heterocycles. The van der Waals surface area contributed by atoms with Gasteiger partial charge in [-0.2, -0.15) is 0 Å². The van der Waals surface area contributed by atoms with Crippen molar-refractivity contribution in [2.75, 3.05) is 26.7 Å². The summed E-state index contributed by atoms with van der Waals surface area (Å²) in [7, 11) is 1.81. The smallest absolute Gasteiger partial charge is 0.190 e. The number of aliphatic imine (C=N–C) groups is 1. The standard InChI is InChI=1S/C32H35N3O/c1-33-31(35-25-23-27-15-6-2-7-16-27)34-24-14-26-36-32(28-17-8-3-9-18-28,29-19-10-4-11-20-29)30-21-12-5-13-22-30/h2-13,15-22H,14,23-26H2,1H3,(H2,33,34,35). The van der Waals surface area contributed by atoms with E-state index in [1.807, 2.05) is 24.3 Å². The lowest BCUT2D eigenvalue weighted by atomic mass is 9.80. The minimum Gasteiger partial charge on any atom is -0.361 e. The van der Waals surface area contributed by atoms with Crippen molar-refractivity contribution in [1.82, 2.24) is 10.6 Å². The first-order valence-corrected chi connectivity index (χ1v) is 12.6. The van der Waals surface area contributed by atoms with E-state index < -0.39 is 5.60 Å². The van der Waals surface area contributed by atoms with E-state index in [1.165, 1.54) is 5.56 Å². The summed E-state index contributed by atoms with van der Waals surface area (Å²) in [6.07, 6.45) is 1.80. The molecule has 0 aliphatic rings. The zero-order valence-corrected chi connectivity index (χ0v) is 20.9. The highest BCUT2D eigenvalue weighted by Crippen LogP contribution is 2.40. The maximum absolute atomic E-state index is 6.84. The zero-order valence-electron chi connectivity index (χ0n) is 20.9. The molecule has 0 atom stereocenters. The average molecular weight is 478 g/mol. The SMILES string of the molecule is CN=C(NCCCOC(c1ccccc1)(c1ccccc1)c1ccccc1)NCCc1ccccc1. The number of nitrogens with one attached hydrogen (secondary N) is 2. The molecule has 0 unspecified atom stereocenters. The van der Waals surface area contributed by atoms with Crippen molar-refractivity contribution in [3.05, 3.63) is 144 Å². The molecule has 0 fully saturated rings. The highest BCUT2D eigenvalue weighted by atomic mass is 16.5. The van der Waals surface area contributed by atoms with Crippen LogP contribution in [-0.4, -0.2) is 32.7 Å². The summed E-state index contributed by atoms with van der Waals surface area (Å²) >= 11 is 0. The second-order valence-corrected chi connectivity index (χ2v) is 8.64. The van der Waals surface area contributed by atoms with Crippen LogP contribution in [0.25, 0.3) is 0 Å². The molecule has 4 aromatic carbocycles. The average Bonchev–Trinajstić information content (AvgIpc) is 2.96. The van der Waals surface area contributed by atoms with Crippen molar-refractivity contribution in [2.24, 2.45) is 4.99 Å². The van der Waals surface area contributed by atoms with Crippen LogP contribution >= 0.6 is 0 Å². The molecule has 4 nitrogen and oxygen atoms in total. The van der Waals surface area contributed by atoms with Gasteiger partial charge in [0.15, 0.2) is 5.96 Å². The topological polar surface area (TPSA) is 45.7 Å². The normalized spacial score (nSPS) is 11.8. The van der Waals surface area contributed by atoms with Gasteiger partial charge in [-0.25, -0.2) is 0 Å². The number of guanidine groups is 1. The number of hydrogen-bond donors (Lipinski definition) is 2. The molecule has 0 saturated heterocycles. The molecule has 0 aliphatic heterocycles. The minimum absolute atomic E-state index is 0.590. The van der Waals surface area contributed by atoms with Crippen molar-refractivity contribution < 1.29 is 4.74 Å². The van der Waals surface area contributed by atoms with Crippen LogP contribution in [-0.2, 0) is 16.8 Å². The number of nitrogens with zero attached hydrogens (tertiary/aromatic N) is 1. The third kappa shape index (κ3) is 6.41. The van der Waals surface area contributed by atoms with Crippen LogP contribution in [0.4, 0.5) is 0 Å². The van der Waals surface area contributed by atoms with Crippen molar-refractivity contribution in [3.8, 4) is 0 Å². The summed E-state index contributed by atoms with van der Waals surface area (Å²) in [5, 5.41) is 6.82. The van der Waals surface area contributed by atoms with Crippen LogP contribution < -0.4 is 10.6 Å². The fourth-order valence-electron chi connectivity index (χ4n) is 4.46. The molecular weight excluding hydrogens is 442 g/mol. The third-order valence-electron chi connectivity index (χ3n) is 6.25. The molecule has 184 valence electrons. The van der Waals surface area contributed by atoms with E-state index in [-0.39, 0.29) is 0 Å². The van der Waals surface area contributed by atoms with E-state index in [4.69, 9.17) is 4.74 Å². The number of rotatable bonds is 11. The molecule has 0 saturated carbocycles. The van der Waals surface area contributed by atoms with Crippen LogP contribution in [0.15, 0.2) is 126 Å². The van der Waals surface area contributed by atoms with Crippen molar-refractivity contribution >= 4 is 5.96 Å². The minimum atomic E-state index is -0.681. The van der Waals surface area contributed by atoms with Crippen LogP contribution in [0.2, 0.25) is 0 Å². The third-order valence-corrected chi connectivity index (χ3v) is 6.25. The first-order valence-electron chi connectivity index (χ1n) is 12.6. The van der Waals surface area contributed by atoms with Gasteiger partial charge in [0.2, 0.25) is 0 Å². The van der Waals surface area contributed by atoms with Gasteiger partial charge in [0, 0.05) is 20.1 Å². The lowest BCUT2D eigenvalue weighted by Gasteiger charge is -2.36. The first-order chi connectivity index (χ1) is 17.8. The highest BCUT2D eigenvalue weighted by molar-refractivity contribution is 5.79. The van der Waals surface area contributed by atoms with Gasteiger partial charge in [-0.05, 0) is 35.1 Å². The number of ether oxygens (including phenoxy) is 1. The van der Waals surface area contributed by atoms with Gasteiger partial charge < -0.3 is 15.4 Å². The van der Waals surface area contributed by atoms with E-state index in [9.17, 15) is 0 Å². The van der Waals surface area contributed by atoms with Gasteiger partial charge in [0.05, 0.1) is 6.61 Å². The molecule has 0 amide bonds. The Balaban J connectivity index is 1.41. The maximum Gasteiger partial charge on any atom is 0.190 e. The van der Waals surface area contributed by atoms with E-state index in [1.54, 1.807) is 7.05 Å². The molecule has 2 N–H and O–H groups in total. The molecular formula is C32H35N3O. The monoisotopic (exact) mass is 477 g/mol. The van der Waals surface area contributed by atoms with Gasteiger partial charge in [-0.15, -0.1) is 0 Å². The van der Waals surface area contributed by atoms with E-state index in [0.717, 1.165) is 48.6 Å². The predicted octanol–water partition coefficient (Wildman–Crippen LogP) is 5.79. The largest absolute Gasteiger partial charge is 0.361 e. The zero-order chi connectivity index (χ0) is 24.9. The summed E-state index contributed by atoms with van der Waals surface area (Å²) in [6.45, 7) is 2.19. The molecule has 36 heavy (non-hydrogen) atoms. The highest BCUT2D eigenvalue weighted by Gasteiger charge is 2.37. The summed E-state index contributed by atoms with van der Waals surface area (Å²) in [6, 6.07) is 42.0. The fraction of sp³-hybridized carbons (Fsp3) is 0.219. The van der Waals surface area contributed by atoms with Gasteiger partial charge in [0.1, 0.15) is 5.60 Å². The van der Waals surface area contributed by atoms with E-state index in [0.29, 0.717) is 6.61 Å². The summed E-state index contributed by atoms with van der Waals surface area (Å²) < 4.78 is 6.84. The molecule has 0 bridgehead atoms. The van der Waals surface area contributed by atoms with Crippen molar-refractivity contribution in [3.63, 3.8) is 0 Å². The lowest BCUT2D eigenvalue weighted by molar-refractivity contribution is 0.0120. The molecule has 0 radical (unpaired) electrons. The lowest BCUT2D eigenvalue weighted by Crippen LogP contribution is -2.39. The molecule has 4 aromatic rings. The first kappa shape index (κ1) is 25.2. The quantitative estimate of drug-likeness (QED) is 0.124. The van der Waals surface area contributed by atoms with Crippen LogP contribution in [0.5, 0.6) is 0 Å². The molecule has 0 aliphatic carbocycles. The van der Waals surface area contributed by atoms with Gasteiger partial charge >= 0.3 is 0 Å². The Bertz CT molecular complexity index is 1080. The Kier molecular flexibility index (Phi) is 9.29.